The monoisotopic (exact) mass is 281 g/mol. The molecule has 1 aliphatic rings. The van der Waals surface area contributed by atoms with Gasteiger partial charge in [-0.05, 0) is 49.8 Å². The van der Waals surface area contributed by atoms with Crippen molar-refractivity contribution in [1.82, 2.24) is 4.57 Å². The minimum Gasteiger partial charge on any atom is -0.343 e. The summed E-state index contributed by atoms with van der Waals surface area (Å²) in [5.41, 5.74) is 1.10. The highest BCUT2D eigenvalue weighted by molar-refractivity contribution is 6.40. The molecule has 18 heavy (non-hydrogen) atoms. The van der Waals surface area contributed by atoms with Gasteiger partial charge in [0.05, 0.1) is 15.6 Å². The third-order valence-corrected chi connectivity index (χ3v) is 4.79. The minimum atomic E-state index is 0.578. The maximum absolute atomic E-state index is 6.34. The standard InChI is InChI=1S/C15H17Cl2N/c1-10-2-4-11(5-3-10)18-9-8-12-13(16)6-7-14(17)15(12)18/h6-11H,2-5H2,1H3. The molecule has 0 N–H and O–H groups in total. The van der Waals surface area contributed by atoms with Crippen LogP contribution < -0.4 is 0 Å². The molecule has 0 radical (unpaired) electrons. The van der Waals surface area contributed by atoms with Crippen LogP contribution in [0.5, 0.6) is 0 Å². The van der Waals surface area contributed by atoms with Crippen LogP contribution in [0.15, 0.2) is 24.4 Å². The molecule has 96 valence electrons. The van der Waals surface area contributed by atoms with E-state index < -0.39 is 0 Å². The van der Waals surface area contributed by atoms with Gasteiger partial charge in [0.1, 0.15) is 0 Å². The first kappa shape index (κ1) is 12.4. The highest BCUT2D eigenvalue weighted by Crippen LogP contribution is 2.38. The molecule has 3 rings (SSSR count). The lowest BCUT2D eigenvalue weighted by atomic mass is 9.87. The van der Waals surface area contributed by atoms with Crippen LogP contribution in [0, 0.1) is 5.92 Å². The lowest BCUT2D eigenvalue weighted by Crippen LogP contribution is -2.16. The van der Waals surface area contributed by atoms with E-state index in [4.69, 9.17) is 23.2 Å². The van der Waals surface area contributed by atoms with Crippen molar-refractivity contribution in [3.05, 3.63) is 34.4 Å². The van der Waals surface area contributed by atoms with E-state index in [-0.39, 0.29) is 0 Å². The number of rotatable bonds is 1. The Labute approximate surface area is 118 Å². The number of aromatic nitrogens is 1. The van der Waals surface area contributed by atoms with Gasteiger partial charge in [-0.2, -0.15) is 0 Å². The van der Waals surface area contributed by atoms with Gasteiger partial charge >= 0.3 is 0 Å². The zero-order chi connectivity index (χ0) is 12.7. The lowest BCUT2D eigenvalue weighted by molar-refractivity contribution is 0.294. The summed E-state index contributed by atoms with van der Waals surface area (Å²) in [6.07, 6.45) is 7.25. The molecule has 1 aromatic carbocycles. The quantitative estimate of drug-likeness (QED) is 0.632. The third-order valence-electron chi connectivity index (χ3n) is 4.15. The Morgan fingerprint density at radius 3 is 2.39 bits per heavy atom. The van der Waals surface area contributed by atoms with Crippen molar-refractivity contribution >= 4 is 34.1 Å². The fourth-order valence-electron chi connectivity index (χ4n) is 3.03. The van der Waals surface area contributed by atoms with E-state index in [0.29, 0.717) is 6.04 Å². The normalized spacial score (nSPS) is 24.6. The van der Waals surface area contributed by atoms with E-state index in [2.05, 4.69) is 23.8 Å². The molecular weight excluding hydrogens is 265 g/mol. The van der Waals surface area contributed by atoms with Gasteiger partial charge in [-0.3, -0.25) is 0 Å². The molecule has 1 nitrogen and oxygen atoms in total. The summed E-state index contributed by atoms with van der Waals surface area (Å²) in [6.45, 7) is 2.34. The van der Waals surface area contributed by atoms with Gasteiger partial charge in [-0.1, -0.05) is 30.1 Å². The average molecular weight is 282 g/mol. The van der Waals surface area contributed by atoms with Crippen LogP contribution in [-0.4, -0.2) is 4.57 Å². The summed E-state index contributed by atoms with van der Waals surface area (Å²) in [5.74, 6) is 0.863. The van der Waals surface area contributed by atoms with Crippen LogP contribution in [0.25, 0.3) is 10.9 Å². The van der Waals surface area contributed by atoms with Crippen LogP contribution in [0.3, 0.4) is 0 Å². The Hall–Kier alpha value is -0.660. The molecule has 1 fully saturated rings. The predicted molar refractivity (Wildman–Crippen MR) is 78.6 cm³/mol. The van der Waals surface area contributed by atoms with Gasteiger partial charge in [0, 0.05) is 17.6 Å². The second-order valence-electron chi connectivity index (χ2n) is 5.43. The Morgan fingerprint density at radius 2 is 1.67 bits per heavy atom. The number of nitrogens with zero attached hydrogens (tertiary/aromatic N) is 1. The van der Waals surface area contributed by atoms with E-state index >= 15 is 0 Å². The van der Waals surface area contributed by atoms with Gasteiger partial charge in [0.2, 0.25) is 0 Å². The van der Waals surface area contributed by atoms with Crippen molar-refractivity contribution < 1.29 is 0 Å². The minimum absolute atomic E-state index is 0.578. The summed E-state index contributed by atoms with van der Waals surface area (Å²) in [7, 11) is 0. The van der Waals surface area contributed by atoms with Crippen molar-refractivity contribution in [2.75, 3.05) is 0 Å². The second-order valence-corrected chi connectivity index (χ2v) is 6.24. The van der Waals surface area contributed by atoms with E-state index in [1.165, 1.54) is 25.7 Å². The predicted octanol–water partition coefficient (Wildman–Crippen LogP) is 5.70. The number of fused-ring (bicyclic) bond motifs is 1. The maximum atomic E-state index is 6.34. The number of hydrogen-bond donors (Lipinski definition) is 0. The van der Waals surface area contributed by atoms with E-state index in [1.54, 1.807) is 0 Å². The van der Waals surface area contributed by atoms with Crippen molar-refractivity contribution in [2.45, 2.75) is 38.6 Å². The highest BCUT2D eigenvalue weighted by atomic mass is 35.5. The maximum Gasteiger partial charge on any atom is 0.0687 e. The molecule has 2 aromatic rings. The van der Waals surface area contributed by atoms with Crippen molar-refractivity contribution in [1.29, 1.82) is 0 Å². The molecule has 0 atom stereocenters. The van der Waals surface area contributed by atoms with Crippen LogP contribution in [0.2, 0.25) is 10.0 Å². The lowest BCUT2D eigenvalue weighted by Gasteiger charge is -2.28. The summed E-state index contributed by atoms with van der Waals surface area (Å²) in [5, 5.41) is 2.66. The van der Waals surface area contributed by atoms with Crippen molar-refractivity contribution in [2.24, 2.45) is 5.92 Å². The topological polar surface area (TPSA) is 4.93 Å². The molecule has 1 heterocycles. The molecule has 1 aromatic heterocycles. The van der Waals surface area contributed by atoms with Crippen LogP contribution in [0.4, 0.5) is 0 Å². The number of hydrogen-bond acceptors (Lipinski definition) is 0. The number of benzene rings is 1. The summed E-state index contributed by atoms with van der Waals surface area (Å²) >= 11 is 12.6. The van der Waals surface area contributed by atoms with Gasteiger partial charge in [0.15, 0.2) is 0 Å². The molecule has 0 spiro atoms. The summed E-state index contributed by atoms with van der Waals surface area (Å²) in [4.78, 5) is 0. The molecular formula is C15H17Cl2N. The Morgan fingerprint density at radius 1 is 1.00 bits per heavy atom. The molecule has 1 saturated carbocycles. The summed E-state index contributed by atoms with van der Waals surface area (Å²) < 4.78 is 2.33. The fraction of sp³-hybridized carbons (Fsp3) is 0.467. The zero-order valence-corrected chi connectivity index (χ0v) is 12.0. The van der Waals surface area contributed by atoms with E-state index in [0.717, 1.165) is 26.9 Å². The average Bonchev–Trinajstić information content (AvgIpc) is 2.81. The molecule has 0 saturated heterocycles. The first-order valence-corrected chi connectivity index (χ1v) is 7.37. The van der Waals surface area contributed by atoms with Gasteiger partial charge in [0.25, 0.3) is 0 Å². The Balaban J connectivity index is 2.05. The Bertz CT molecular complexity index is 565. The highest BCUT2D eigenvalue weighted by Gasteiger charge is 2.21. The SMILES string of the molecule is CC1CCC(n2ccc3c(Cl)ccc(Cl)c32)CC1. The first-order valence-electron chi connectivity index (χ1n) is 6.61. The molecule has 0 bridgehead atoms. The molecule has 0 amide bonds. The molecule has 3 heteroatoms. The molecule has 1 aliphatic carbocycles. The molecule has 0 aliphatic heterocycles. The molecule has 0 unspecified atom stereocenters. The summed E-state index contributed by atoms with van der Waals surface area (Å²) in [6, 6.07) is 6.43. The smallest absolute Gasteiger partial charge is 0.0687 e. The van der Waals surface area contributed by atoms with Crippen molar-refractivity contribution in [3.63, 3.8) is 0 Å². The van der Waals surface area contributed by atoms with Gasteiger partial charge in [-0.15, -0.1) is 0 Å². The van der Waals surface area contributed by atoms with Crippen molar-refractivity contribution in [3.8, 4) is 0 Å². The zero-order valence-electron chi connectivity index (χ0n) is 10.5. The van der Waals surface area contributed by atoms with E-state index in [9.17, 15) is 0 Å². The van der Waals surface area contributed by atoms with Gasteiger partial charge < -0.3 is 4.57 Å². The largest absolute Gasteiger partial charge is 0.343 e. The van der Waals surface area contributed by atoms with Crippen LogP contribution >= 0.6 is 23.2 Å². The second kappa shape index (κ2) is 4.79. The van der Waals surface area contributed by atoms with Crippen LogP contribution in [-0.2, 0) is 0 Å². The van der Waals surface area contributed by atoms with Gasteiger partial charge in [-0.25, -0.2) is 0 Å². The Kier molecular flexibility index (Phi) is 3.29. The fourth-order valence-corrected chi connectivity index (χ4v) is 3.51. The van der Waals surface area contributed by atoms with Crippen LogP contribution in [0.1, 0.15) is 38.6 Å². The van der Waals surface area contributed by atoms with E-state index in [1.807, 2.05) is 12.1 Å². The first-order chi connectivity index (χ1) is 8.66. The number of halogens is 2. The third kappa shape index (κ3) is 2.04.